The Labute approximate surface area is 174 Å². The summed E-state index contributed by atoms with van der Waals surface area (Å²) in [5.74, 6) is 0.812. The number of nitrogens with one attached hydrogen (secondary N) is 2. The van der Waals surface area contributed by atoms with Gasteiger partial charge >= 0.3 is 0 Å². The molecule has 1 aliphatic heterocycles. The SMILES string of the molecule is CN=C(NCc1cc(F)cc2c1OCOC2)NCC(O)c1ccccc1.I. The molecule has 0 fully saturated rings. The lowest BCUT2D eigenvalue weighted by Crippen LogP contribution is -2.39. The first-order chi connectivity index (χ1) is 12.7. The van der Waals surface area contributed by atoms with Crippen molar-refractivity contribution in [2.24, 2.45) is 4.99 Å². The van der Waals surface area contributed by atoms with Crippen LogP contribution in [0.3, 0.4) is 0 Å². The van der Waals surface area contributed by atoms with Crippen LogP contribution in [-0.2, 0) is 17.9 Å². The normalized spacial score (nSPS) is 14.4. The average Bonchev–Trinajstić information content (AvgIpc) is 2.68. The Kier molecular flexibility index (Phi) is 8.26. The van der Waals surface area contributed by atoms with Gasteiger partial charge in [0.25, 0.3) is 0 Å². The van der Waals surface area contributed by atoms with Crippen LogP contribution in [0.1, 0.15) is 22.8 Å². The zero-order chi connectivity index (χ0) is 18.4. The van der Waals surface area contributed by atoms with Crippen LogP contribution in [0, 0.1) is 5.82 Å². The van der Waals surface area contributed by atoms with Gasteiger partial charge in [0.1, 0.15) is 11.6 Å². The van der Waals surface area contributed by atoms with E-state index in [4.69, 9.17) is 9.47 Å². The van der Waals surface area contributed by atoms with Crippen molar-refractivity contribution in [2.75, 3.05) is 20.4 Å². The van der Waals surface area contributed by atoms with Gasteiger partial charge in [0.15, 0.2) is 12.8 Å². The van der Waals surface area contributed by atoms with Gasteiger partial charge in [-0.25, -0.2) is 4.39 Å². The summed E-state index contributed by atoms with van der Waals surface area (Å²) < 4.78 is 24.5. The Morgan fingerprint density at radius 2 is 2.04 bits per heavy atom. The third kappa shape index (κ3) is 5.78. The number of ether oxygens (including phenoxy) is 2. The Hall–Kier alpha value is -1.91. The fourth-order valence-corrected chi connectivity index (χ4v) is 2.77. The van der Waals surface area contributed by atoms with Gasteiger partial charge in [0.2, 0.25) is 0 Å². The number of hydrogen-bond donors (Lipinski definition) is 3. The van der Waals surface area contributed by atoms with E-state index in [1.165, 1.54) is 12.1 Å². The number of fused-ring (bicyclic) bond motifs is 1. The van der Waals surface area contributed by atoms with E-state index in [1.807, 2.05) is 30.3 Å². The minimum Gasteiger partial charge on any atom is -0.467 e. The van der Waals surface area contributed by atoms with Gasteiger partial charge < -0.3 is 25.2 Å². The average molecular weight is 487 g/mol. The topological polar surface area (TPSA) is 75.1 Å². The number of aliphatic hydroxyl groups excluding tert-OH is 1. The highest BCUT2D eigenvalue weighted by Gasteiger charge is 2.17. The smallest absolute Gasteiger partial charge is 0.191 e. The second-order valence-electron chi connectivity index (χ2n) is 5.90. The first-order valence-electron chi connectivity index (χ1n) is 8.36. The van der Waals surface area contributed by atoms with E-state index in [9.17, 15) is 9.50 Å². The van der Waals surface area contributed by atoms with Crippen molar-refractivity contribution in [2.45, 2.75) is 19.3 Å². The van der Waals surface area contributed by atoms with Crippen molar-refractivity contribution in [1.29, 1.82) is 0 Å². The van der Waals surface area contributed by atoms with Crippen LogP contribution in [-0.4, -0.2) is 31.5 Å². The van der Waals surface area contributed by atoms with E-state index < -0.39 is 6.10 Å². The van der Waals surface area contributed by atoms with Crippen LogP contribution in [0.4, 0.5) is 4.39 Å². The number of aliphatic hydroxyl groups is 1. The summed E-state index contributed by atoms with van der Waals surface area (Å²) in [7, 11) is 1.63. The van der Waals surface area contributed by atoms with Crippen LogP contribution in [0.25, 0.3) is 0 Å². The summed E-state index contributed by atoms with van der Waals surface area (Å²) in [5, 5.41) is 16.4. The summed E-state index contributed by atoms with van der Waals surface area (Å²) in [5.41, 5.74) is 2.20. The van der Waals surface area contributed by atoms with Gasteiger partial charge in [-0.2, -0.15) is 0 Å². The molecule has 0 amide bonds. The van der Waals surface area contributed by atoms with Gasteiger partial charge in [-0.1, -0.05) is 30.3 Å². The first-order valence-corrected chi connectivity index (χ1v) is 8.36. The third-order valence-electron chi connectivity index (χ3n) is 4.07. The van der Waals surface area contributed by atoms with Crippen molar-refractivity contribution >= 4 is 29.9 Å². The van der Waals surface area contributed by atoms with E-state index in [2.05, 4.69) is 15.6 Å². The Balaban J connectivity index is 0.00000261. The van der Waals surface area contributed by atoms with Gasteiger partial charge in [-0.3, -0.25) is 4.99 Å². The molecular weight excluding hydrogens is 464 g/mol. The lowest BCUT2D eigenvalue weighted by molar-refractivity contribution is -0.0173. The second kappa shape index (κ2) is 10.4. The van der Waals surface area contributed by atoms with Crippen molar-refractivity contribution in [3.8, 4) is 5.75 Å². The molecule has 0 aromatic heterocycles. The van der Waals surface area contributed by atoms with E-state index in [1.54, 1.807) is 7.05 Å². The van der Waals surface area contributed by atoms with Crippen molar-refractivity contribution in [3.63, 3.8) is 0 Å². The lowest BCUT2D eigenvalue weighted by Gasteiger charge is -2.22. The molecule has 0 saturated carbocycles. The molecule has 146 valence electrons. The lowest BCUT2D eigenvalue weighted by atomic mass is 10.1. The first kappa shape index (κ1) is 21.4. The molecule has 3 N–H and O–H groups in total. The number of nitrogens with zero attached hydrogens (tertiary/aromatic N) is 1. The molecule has 2 aromatic carbocycles. The van der Waals surface area contributed by atoms with E-state index in [0.29, 0.717) is 42.5 Å². The van der Waals surface area contributed by atoms with Crippen molar-refractivity contribution < 1.29 is 19.0 Å². The van der Waals surface area contributed by atoms with Gasteiger partial charge in [-0.05, 0) is 17.7 Å². The minimum absolute atomic E-state index is 0. The number of guanidine groups is 1. The van der Waals surface area contributed by atoms with E-state index in [0.717, 1.165) is 5.56 Å². The summed E-state index contributed by atoms with van der Waals surface area (Å²) in [4.78, 5) is 4.13. The highest BCUT2D eigenvalue weighted by Crippen LogP contribution is 2.29. The number of rotatable bonds is 5. The molecule has 1 unspecified atom stereocenters. The van der Waals surface area contributed by atoms with Crippen molar-refractivity contribution in [1.82, 2.24) is 10.6 Å². The largest absolute Gasteiger partial charge is 0.467 e. The molecule has 6 nitrogen and oxygen atoms in total. The minimum atomic E-state index is -0.655. The quantitative estimate of drug-likeness (QED) is 0.344. The molecule has 27 heavy (non-hydrogen) atoms. The summed E-state index contributed by atoms with van der Waals surface area (Å²) in [6.45, 7) is 1.12. The maximum atomic E-state index is 13.8. The Bertz CT molecular complexity index is 774. The predicted molar refractivity (Wildman–Crippen MR) is 112 cm³/mol. The number of hydrogen-bond acceptors (Lipinski definition) is 4. The standard InChI is InChI=1S/C19H22FN3O3.HI/c1-21-19(23-10-17(24)13-5-3-2-4-6-13)22-9-14-7-16(20)8-15-11-25-12-26-18(14)15;/h2-8,17,24H,9-12H2,1H3,(H2,21,22,23);1H. The molecule has 0 spiro atoms. The van der Waals surface area contributed by atoms with Crippen LogP contribution in [0.2, 0.25) is 0 Å². The monoisotopic (exact) mass is 487 g/mol. The molecule has 0 aliphatic carbocycles. The number of benzene rings is 2. The zero-order valence-electron chi connectivity index (χ0n) is 14.9. The molecular formula is C19H23FIN3O3. The molecule has 0 saturated heterocycles. The molecule has 0 radical (unpaired) electrons. The van der Waals surface area contributed by atoms with Gasteiger partial charge in [0, 0.05) is 31.3 Å². The van der Waals surface area contributed by atoms with E-state index >= 15 is 0 Å². The molecule has 1 heterocycles. The molecule has 1 atom stereocenters. The molecule has 0 bridgehead atoms. The fraction of sp³-hybridized carbons (Fsp3) is 0.316. The maximum absolute atomic E-state index is 13.8. The zero-order valence-corrected chi connectivity index (χ0v) is 17.3. The third-order valence-corrected chi connectivity index (χ3v) is 4.07. The summed E-state index contributed by atoms with van der Waals surface area (Å²) >= 11 is 0. The number of halogens is 2. The fourth-order valence-electron chi connectivity index (χ4n) is 2.77. The molecule has 2 aromatic rings. The molecule has 1 aliphatic rings. The second-order valence-corrected chi connectivity index (χ2v) is 5.90. The van der Waals surface area contributed by atoms with E-state index in [-0.39, 0.29) is 36.6 Å². The van der Waals surface area contributed by atoms with Crippen LogP contribution < -0.4 is 15.4 Å². The van der Waals surface area contributed by atoms with Crippen LogP contribution in [0.15, 0.2) is 47.5 Å². The molecule has 8 heteroatoms. The summed E-state index contributed by atoms with van der Waals surface area (Å²) in [6, 6.07) is 12.2. The highest BCUT2D eigenvalue weighted by molar-refractivity contribution is 14.0. The van der Waals surface area contributed by atoms with Crippen LogP contribution in [0.5, 0.6) is 5.75 Å². The van der Waals surface area contributed by atoms with Gasteiger partial charge in [0.05, 0.1) is 12.7 Å². The van der Waals surface area contributed by atoms with Crippen LogP contribution >= 0.6 is 24.0 Å². The number of aliphatic imine (C=N–C) groups is 1. The van der Waals surface area contributed by atoms with Gasteiger partial charge in [-0.15, -0.1) is 24.0 Å². The Morgan fingerprint density at radius 3 is 2.78 bits per heavy atom. The van der Waals surface area contributed by atoms with Crippen molar-refractivity contribution in [3.05, 3.63) is 65.0 Å². The predicted octanol–water partition coefficient (Wildman–Crippen LogP) is 2.71. The Morgan fingerprint density at radius 1 is 1.26 bits per heavy atom. The highest BCUT2D eigenvalue weighted by atomic mass is 127. The summed E-state index contributed by atoms with van der Waals surface area (Å²) in [6.07, 6.45) is -0.655. The molecule has 3 rings (SSSR count). The maximum Gasteiger partial charge on any atom is 0.191 e.